The van der Waals surface area contributed by atoms with Crippen LogP contribution in [0.4, 0.5) is 0 Å². The molecule has 1 nitrogen and oxygen atoms in total. The summed E-state index contributed by atoms with van der Waals surface area (Å²) in [5, 5.41) is 0. The molecule has 0 aliphatic carbocycles. The van der Waals surface area contributed by atoms with Crippen molar-refractivity contribution in [2.45, 2.75) is 0 Å². The molecule has 0 rings (SSSR count). The van der Waals surface area contributed by atoms with Gasteiger partial charge in [0.2, 0.25) is 0 Å². The first-order chi connectivity index (χ1) is 1.00. The van der Waals surface area contributed by atoms with Gasteiger partial charge in [-0.3, -0.25) is 0 Å². The Morgan fingerprint density at radius 1 is 1.40 bits per heavy atom. The third kappa shape index (κ3) is 22.3. The largest absolute Gasteiger partial charge is 0 e. The van der Waals surface area contributed by atoms with Crippen LogP contribution in [-0.2, 0) is 60.3 Å². The summed E-state index contributed by atoms with van der Waals surface area (Å²) in [5.74, 6) is 0. The molecule has 0 spiro atoms. The SMILES string of the molecule is [Co].[H-].[Li+].[O]=[Zn].[Ti]. The molecule has 5 heteroatoms. The standard InChI is InChI=1S/Co.Li.O.Ti.Zn.H/q;+1;;;;-1. The van der Waals surface area contributed by atoms with Gasteiger partial charge in [-0.1, -0.05) is 0 Å². The molecule has 0 aromatic rings. The van der Waals surface area contributed by atoms with Crippen molar-refractivity contribution in [1.29, 1.82) is 0 Å². The maximum atomic E-state index is 8.38. The van der Waals surface area contributed by atoms with E-state index < -0.39 is 0 Å². The van der Waals surface area contributed by atoms with E-state index in [1.807, 2.05) is 0 Å². The van der Waals surface area contributed by atoms with Crippen molar-refractivity contribution in [3.05, 3.63) is 0 Å². The molecule has 0 aliphatic rings. The van der Waals surface area contributed by atoms with Crippen LogP contribution in [0.1, 0.15) is 1.43 Å². The summed E-state index contributed by atoms with van der Waals surface area (Å²) in [6.45, 7) is 0. The third-order valence-electron chi connectivity index (χ3n) is 0. The summed E-state index contributed by atoms with van der Waals surface area (Å²) in [4.78, 5) is 0. The van der Waals surface area contributed by atoms with Crippen molar-refractivity contribution in [3.63, 3.8) is 0 Å². The van der Waals surface area contributed by atoms with E-state index in [9.17, 15) is 0 Å². The minimum Gasteiger partial charge on any atom is 0 e. The maximum Gasteiger partial charge on any atom is 0 e. The van der Waals surface area contributed by atoms with Crippen molar-refractivity contribution in [2.75, 3.05) is 0 Å². The molecule has 0 aromatic heterocycles. The number of hydrogen-bond acceptors (Lipinski definition) is 1. The molecule has 0 N–H and O–H groups in total. The predicted octanol–water partition coefficient (Wildman–Crippen LogP) is -3.01. The molecule has 0 bridgehead atoms. The van der Waals surface area contributed by atoms with E-state index in [1.54, 1.807) is 0 Å². The summed E-state index contributed by atoms with van der Waals surface area (Å²) >= 11 is 0.125. The minimum atomic E-state index is 0. The molecule has 0 amide bonds. The van der Waals surface area contributed by atoms with E-state index >= 15 is 0 Å². The molecule has 0 saturated carbocycles. The molecule has 0 aromatic carbocycles. The van der Waals surface area contributed by atoms with Crippen molar-refractivity contribution in [1.82, 2.24) is 0 Å². The fraction of sp³-hybridized carbons (Fsp3) is 0. The van der Waals surface area contributed by atoms with Crippen LogP contribution in [0.3, 0.4) is 0 Å². The molecule has 0 heterocycles. The van der Waals surface area contributed by atoms with Crippen LogP contribution in [0.25, 0.3) is 0 Å². The van der Waals surface area contributed by atoms with E-state index in [-0.39, 0.29) is 77.0 Å². The molecule has 1 radical (unpaired) electrons. The molecule has 5 heavy (non-hydrogen) atoms. The Morgan fingerprint density at radius 2 is 1.40 bits per heavy atom. The van der Waals surface area contributed by atoms with E-state index in [4.69, 9.17) is 3.57 Å². The average Bonchev–Trinajstić information content (AvgIpc) is 1.00. The van der Waals surface area contributed by atoms with Crippen LogP contribution in [0.15, 0.2) is 0 Å². The average molecular weight is 196 g/mol. The van der Waals surface area contributed by atoms with Gasteiger partial charge >= 0.3 is 40.7 Å². The Kier molecular flexibility index (Phi) is 183. The van der Waals surface area contributed by atoms with Gasteiger partial charge in [-0.15, -0.1) is 0 Å². The topological polar surface area (TPSA) is 17.1 Å². The van der Waals surface area contributed by atoms with Crippen molar-refractivity contribution >= 4 is 0 Å². The van der Waals surface area contributed by atoms with Gasteiger partial charge in [0.25, 0.3) is 0 Å². The van der Waals surface area contributed by atoms with E-state index in [0.717, 1.165) is 0 Å². The van der Waals surface area contributed by atoms with Gasteiger partial charge in [-0.25, -0.2) is 0 Å². The second-order valence-electron chi connectivity index (χ2n) is 0. The zero-order valence-corrected chi connectivity index (χ0v) is 8.52. The maximum absolute atomic E-state index is 8.38. The van der Waals surface area contributed by atoms with E-state index in [2.05, 4.69) is 0 Å². The van der Waals surface area contributed by atoms with Crippen molar-refractivity contribution < 1.29 is 80.6 Å². The minimum absolute atomic E-state index is 0. The number of hydrogen-bond donors (Lipinski definition) is 0. The molecule has 0 unspecified atom stereocenters. The van der Waals surface area contributed by atoms with E-state index in [0.29, 0.717) is 0 Å². The fourth-order valence-corrected chi connectivity index (χ4v) is 0. The monoisotopic (exact) mass is 195 g/mol. The Bertz CT molecular complexity index is 15.5. The molecule has 0 atom stereocenters. The van der Waals surface area contributed by atoms with Crippen LogP contribution in [0.5, 0.6) is 0 Å². The predicted molar refractivity (Wildman–Crippen MR) is 1.80 cm³/mol. The molecule has 0 fully saturated rings. The van der Waals surface area contributed by atoms with Gasteiger partial charge in [-0.2, -0.15) is 0 Å². The Morgan fingerprint density at radius 3 is 1.40 bits per heavy atom. The van der Waals surface area contributed by atoms with Crippen LogP contribution < -0.4 is 18.9 Å². The van der Waals surface area contributed by atoms with E-state index in [1.165, 1.54) is 0 Å². The normalized spacial score (nSPS) is 1.20. The number of rotatable bonds is 0. The smallest absolute Gasteiger partial charge is 0 e. The first kappa shape index (κ1) is 26.8. The van der Waals surface area contributed by atoms with Crippen LogP contribution in [-0.4, -0.2) is 0 Å². The summed E-state index contributed by atoms with van der Waals surface area (Å²) in [7, 11) is 0. The van der Waals surface area contributed by atoms with Gasteiger partial charge < -0.3 is 1.43 Å². The summed E-state index contributed by atoms with van der Waals surface area (Å²) in [6.07, 6.45) is 0. The Labute approximate surface area is 79.7 Å². The van der Waals surface area contributed by atoms with Crippen molar-refractivity contribution in [2.24, 2.45) is 0 Å². The van der Waals surface area contributed by atoms with Crippen LogP contribution in [0, 0.1) is 0 Å². The van der Waals surface area contributed by atoms with Crippen molar-refractivity contribution in [3.8, 4) is 0 Å². The van der Waals surface area contributed by atoms with Gasteiger partial charge in [0.15, 0.2) is 0 Å². The van der Waals surface area contributed by atoms with Gasteiger partial charge in [-0.05, 0) is 0 Å². The molecular weight excluding hydrogens is 195 g/mol. The molecular formula is HCoLiOTiZn. The first-order valence-electron chi connectivity index (χ1n) is 0.289. The third-order valence-corrected chi connectivity index (χ3v) is 0. The zero-order valence-electron chi connectivity index (χ0n) is 3.95. The zero-order chi connectivity index (χ0) is 2.00. The summed E-state index contributed by atoms with van der Waals surface area (Å²) in [5.41, 5.74) is 0. The summed E-state index contributed by atoms with van der Waals surface area (Å²) in [6, 6.07) is 0. The second kappa shape index (κ2) is 34.1. The molecule has 23 valence electrons. The van der Waals surface area contributed by atoms with Crippen LogP contribution >= 0.6 is 0 Å². The van der Waals surface area contributed by atoms with Gasteiger partial charge in [0.1, 0.15) is 0 Å². The Hall–Kier alpha value is 2.24. The quantitative estimate of drug-likeness (QED) is 0.377. The van der Waals surface area contributed by atoms with Gasteiger partial charge in [0, 0.05) is 38.5 Å². The summed E-state index contributed by atoms with van der Waals surface area (Å²) < 4.78 is 8.38. The van der Waals surface area contributed by atoms with Gasteiger partial charge in [0.05, 0.1) is 0 Å². The Balaban J connectivity index is -0.000000000833. The first-order valence-corrected chi connectivity index (χ1v) is 1.50. The second-order valence-corrected chi connectivity index (χ2v) is 0. The van der Waals surface area contributed by atoms with Crippen LogP contribution in [0.2, 0.25) is 0 Å². The molecule has 0 aliphatic heterocycles. The molecule has 0 saturated heterocycles. The fourth-order valence-electron chi connectivity index (χ4n) is 0.